The monoisotopic (exact) mass is 371 g/mol. The summed E-state index contributed by atoms with van der Waals surface area (Å²) in [5.74, 6) is 3.52. The van der Waals surface area contributed by atoms with E-state index in [1.165, 1.54) is 38.5 Å². The van der Waals surface area contributed by atoms with Crippen molar-refractivity contribution in [2.75, 3.05) is 0 Å². The standard InChI is InChI=1S/C23H31NO2.H2O/c1-3-14-12-15-13-16(24)4-5-17(15)18-6-9-22(2)19(21(14)18)7-10-23(22)11-8-20(25)26-23;/h8,11,13-14,17-19,21,24H,3-7,9-10,12H2,1-2H3;1H2/t14?,17-,18?,19?,21?,22-,23+;/m0./s1. The van der Waals surface area contributed by atoms with Crippen LogP contribution in [0.5, 0.6) is 0 Å². The molecular formula is C23H33NO3. The van der Waals surface area contributed by atoms with E-state index in [9.17, 15) is 4.79 Å². The van der Waals surface area contributed by atoms with Crippen LogP contribution in [0, 0.1) is 40.4 Å². The molecule has 0 aromatic carbocycles. The van der Waals surface area contributed by atoms with Crippen LogP contribution in [0.2, 0.25) is 0 Å². The number of esters is 1. The summed E-state index contributed by atoms with van der Waals surface area (Å²) in [6.07, 6.45) is 15.2. The third kappa shape index (κ3) is 2.45. The van der Waals surface area contributed by atoms with E-state index in [0.29, 0.717) is 11.8 Å². The van der Waals surface area contributed by atoms with Crippen LogP contribution in [0.15, 0.2) is 23.8 Å². The number of carbonyl (C=O) groups is 1. The van der Waals surface area contributed by atoms with Gasteiger partial charge in [0.1, 0.15) is 5.60 Å². The molecule has 1 heterocycles. The molecule has 0 bridgehead atoms. The number of hydrogen-bond donors (Lipinski definition) is 1. The molecule has 7 atom stereocenters. The van der Waals surface area contributed by atoms with Crippen molar-refractivity contribution in [1.29, 1.82) is 5.41 Å². The average molecular weight is 372 g/mol. The van der Waals surface area contributed by atoms with Gasteiger partial charge in [-0.25, -0.2) is 4.79 Å². The van der Waals surface area contributed by atoms with Crippen LogP contribution in [0.25, 0.3) is 0 Å². The first-order valence-electron chi connectivity index (χ1n) is 10.7. The van der Waals surface area contributed by atoms with E-state index in [4.69, 9.17) is 10.1 Å². The minimum atomic E-state index is -0.331. The SMILES string of the molecule is CCC1CC2=CC(=N)CC[C@@H]2C2CC[C@@]3(C)C(CC[C@@]34C=CC(=O)O4)C12.O. The summed E-state index contributed by atoms with van der Waals surface area (Å²) < 4.78 is 5.96. The first-order valence-corrected chi connectivity index (χ1v) is 10.7. The quantitative estimate of drug-likeness (QED) is 0.699. The lowest BCUT2D eigenvalue weighted by Gasteiger charge is -2.57. The number of ether oxygens (including phenoxy) is 1. The molecule has 27 heavy (non-hydrogen) atoms. The number of hydrogen-bond acceptors (Lipinski definition) is 3. The van der Waals surface area contributed by atoms with E-state index in [2.05, 4.69) is 26.0 Å². The van der Waals surface area contributed by atoms with Crippen molar-refractivity contribution >= 4 is 11.7 Å². The molecule has 0 radical (unpaired) electrons. The Hall–Kier alpha value is -1.42. The third-order valence-corrected chi connectivity index (χ3v) is 8.98. The maximum Gasteiger partial charge on any atom is 0.331 e. The van der Waals surface area contributed by atoms with Gasteiger partial charge < -0.3 is 15.6 Å². The fourth-order valence-electron chi connectivity index (χ4n) is 7.75. The second kappa shape index (κ2) is 6.30. The van der Waals surface area contributed by atoms with E-state index in [1.807, 2.05) is 0 Å². The van der Waals surface area contributed by atoms with Gasteiger partial charge in [0, 0.05) is 17.2 Å². The summed E-state index contributed by atoms with van der Waals surface area (Å²) in [6.45, 7) is 4.77. The van der Waals surface area contributed by atoms with E-state index in [1.54, 1.807) is 11.6 Å². The molecule has 5 aliphatic rings. The van der Waals surface area contributed by atoms with Crippen molar-refractivity contribution in [2.24, 2.45) is 35.0 Å². The summed E-state index contributed by atoms with van der Waals surface area (Å²) in [6, 6.07) is 0. The molecule has 0 amide bonds. The highest BCUT2D eigenvalue weighted by Gasteiger charge is 2.65. The van der Waals surface area contributed by atoms with Gasteiger partial charge in [0.15, 0.2) is 0 Å². The molecule has 5 rings (SSSR count). The Labute approximate surface area is 162 Å². The molecular weight excluding hydrogens is 338 g/mol. The minimum absolute atomic E-state index is 0. The lowest BCUT2D eigenvalue weighted by molar-refractivity contribution is -0.163. The molecule has 1 aliphatic heterocycles. The maximum atomic E-state index is 11.9. The maximum absolute atomic E-state index is 11.9. The van der Waals surface area contributed by atoms with Gasteiger partial charge in [-0.1, -0.05) is 25.8 Å². The largest absolute Gasteiger partial charge is 0.451 e. The predicted molar refractivity (Wildman–Crippen MR) is 106 cm³/mol. The molecule has 0 aromatic heterocycles. The predicted octanol–water partition coefficient (Wildman–Crippen LogP) is 4.24. The molecule has 0 saturated heterocycles. The van der Waals surface area contributed by atoms with E-state index in [0.717, 1.165) is 36.3 Å². The molecule has 148 valence electrons. The van der Waals surface area contributed by atoms with Gasteiger partial charge in [0.2, 0.25) is 0 Å². The summed E-state index contributed by atoms with van der Waals surface area (Å²) in [4.78, 5) is 11.9. The second-order valence-electron chi connectivity index (χ2n) is 9.75. The van der Waals surface area contributed by atoms with Gasteiger partial charge in [-0.15, -0.1) is 0 Å². The third-order valence-electron chi connectivity index (χ3n) is 8.98. The normalized spacial score (nSPS) is 47.6. The van der Waals surface area contributed by atoms with E-state index < -0.39 is 0 Å². The highest BCUT2D eigenvalue weighted by Crippen LogP contribution is 2.68. The number of carbonyl (C=O) groups excluding carboxylic acids is 1. The van der Waals surface area contributed by atoms with Gasteiger partial charge in [-0.2, -0.15) is 0 Å². The van der Waals surface area contributed by atoms with Crippen molar-refractivity contribution in [1.82, 2.24) is 0 Å². The Morgan fingerprint density at radius 1 is 1.26 bits per heavy atom. The molecule has 4 nitrogen and oxygen atoms in total. The Kier molecular flexibility index (Phi) is 4.41. The van der Waals surface area contributed by atoms with Crippen molar-refractivity contribution in [3.8, 4) is 0 Å². The minimum Gasteiger partial charge on any atom is -0.451 e. The van der Waals surface area contributed by atoms with Gasteiger partial charge in [-0.3, -0.25) is 0 Å². The van der Waals surface area contributed by atoms with E-state index in [-0.39, 0.29) is 22.5 Å². The highest BCUT2D eigenvalue weighted by atomic mass is 16.6. The first-order chi connectivity index (χ1) is 12.5. The van der Waals surface area contributed by atoms with Crippen molar-refractivity contribution < 1.29 is 15.0 Å². The zero-order valence-electron chi connectivity index (χ0n) is 16.6. The van der Waals surface area contributed by atoms with Crippen LogP contribution < -0.4 is 0 Å². The molecule has 4 unspecified atom stereocenters. The number of rotatable bonds is 1. The van der Waals surface area contributed by atoms with Gasteiger partial charge >= 0.3 is 5.97 Å². The van der Waals surface area contributed by atoms with Gasteiger partial charge in [-0.05, 0) is 86.7 Å². The average Bonchev–Trinajstić information content (AvgIpc) is 3.14. The Morgan fingerprint density at radius 3 is 2.78 bits per heavy atom. The first kappa shape index (κ1) is 18.9. The van der Waals surface area contributed by atoms with Crippen molar-refractivity contribution in [2.45, 2.75) is 70.8 Å². The summed E-state index contributed by atoms with van der Waals surface area (Å²) in [5, 5.41) is 8.11. The highest BCUT2D eigenvalue weighted by molar-refractivity contribution is 5.93. The molecule has 3 N–H and O–H groups in total. The fraction of sp³-hybridized carbons (Fsp3) is 0.739. The van der Waals surface area contributed by atoms with Crippen LogP contribution >= 0.6 is 0 Å². The summed E-state index contributed by atoms with van der Waals surface area (Å²) in [7, 11) is 0. The van der Waals surface area contributed by atoms with Gasteiger partial charge in [0.05, 0.1) is 0 Å². The van der Waals surface area contributed by atoms with Crippen molar-refractivity contribution in [3.05, 3.63) is 23.8 Å². The number of nitrogens with one attached hydrogen (secondary N) is 1. The van der Waals surface area contributed by atoms with Crippen molar-refractivity contribution in [3.63, 3.8) is 0 Å². The lowest BCUT2D eigenvalue weighted by Crippen LogP contribution is -2.54. The lowest BCUT2D eigenvalue weighted by atomic mass is 9.48. The van der Waals surface area contributed by atoms with Crippen LogP contribution in [0.4, 0.5) is 0 Å². The number of allylic oxidation sites excluding steroid dienone is 2. The van der Waals surface area contributed by atoms with E-state index >= 15 is 0 Å². The van der Waals surface area contributed by atoms with Crippen LogP contribution in [0.1, 0.15) is 65.2 Å². The topological polar surface area (TPSA) is 81.7 Å². The molecule has 0 aromatic rings. The zero-order valence-corrected chi connectivity index (χ0v) is 16.6. The van der Waals surface area contributed by atoms with Gasteiger partial charge in [0.25, 0.3) is 0 Å². The molecule has 3 fully saturated rings. The zero-order chi connectivity index (χ0) is 18.1. The fourth-order valence-corrected chi connectivity index (χ4v) is 7.75. The Bertz CT molecular complexity index is 725. The van der Waals surface area contributed by atoms with Crippen LogP contribution in [-0.2, 0) is 9.53 Å². The molecule has 1 spiro atoms. The second-order valence-corrected chi connectivity index (χ2v) is 9.75. The Morgan fingerprint density at radius 2 is 2.07 bits per heavy atom. The summed E-state index contributed by atoms with van der Waals surface area (Å²) in [5.41, 5.74) is 2.20. The molecule has 4 aliphatic carbocycles. The smallest absolute Gasteiger partial charge is 0.331 e. The van der Waals surface area contributed by atoms with Crippen LogP contribution in [0.3, 0.4) is 0 Å². The molecule has 3 saturated carbocycles. The molecule has 4 heteroatoms. The Balaban J connectivity index is 0.00000180. The summed E-state index contributed by atoms with van der Waals surface area (Å²) >= 11 is 0. The van der Waals surface area contributed by atoms with Crippen LogP contribution in [-0.4, -0.2) is 22.8 Å². The number of fused-ring (bicyclic) bond motifs is 6.